The van der Waals surface area contributed by atoms with Gasteiger partial charge in [0.2, 0.25) is 0 Å². The van der Waals surface area contributed by atoms with Gasteiger partial charge in [0.15, 0.2) is 0 Å². The number of hydrogen-bond donors (Lipinski definition) is 0. The largest absolute Gasteiger partial charge is 0.256 e. The zero-order valence-corrected chi connectivity index (χ0v) is 17.5. The first-order valence-corrected chi connectivity index (χ1v) is 11.1. The third kappa shape index (κ3) is 3.06. The van der Waals surface area contributed by atoms with Crippen LogP contribution in [-0.4, -0.2) is 9.97 Å². The van der Waals surface area contributed by atoms with Gasteiger partial charge in [-0.15, -0.1) is 0 Å². The molecule has 0 N–H and O–H groups in total. The van der Waals surface area contributed by atoms with E-state index in [9.17, 15) is 0 Å². The van der Waals surface area contributed by atoms with Gasteiger partial charge in [-0.1, -0.05) is 90.6 Å². The van der Waals surface area contributed by atoms with Crippen LogP contribution in [0.15, 0.2) is 119 Å². The molecule has 4 aromatic carbocycles. The maximum Gasteiger partial charge on any atom is 0.101 e. The average molecular weight is 415 g/mol. The highest BCUT2D eigenvalue weighted by Crippen LogP contribution is 2.46. The lowest BCUT2D eigenvalue weighted by molar-refractivity contribution is 1.14. The second-order valence-electron chi connectivity index (χ2n) is 7.45. The van der Waals surface area contributed by atoms with Gasteiger partial charge in [0.25, 0.3) is 0 Å². The first-order valence-electron chi connectivity index (χ1n) is 10.3. The number of rotatable bonds is 3. The summed E-state index contributed by atoms with van der Waals surface area (Å²) in [6.07, 6.45) is 3.89. The molecule has 6 aromatic rings. The van der Waals surface area contributed by atoms with Gasteiger partial charge >= 0.3 is 0 Å². The van der Waals surface area contributed by atoms with E-state index in [1.54, 1.807) is 11.8 Å². The van der Waals surface area contributed by atoms with Gasteiger partial charge in [-0.3, -0.25) is 4.98 Å². The third-order valence-corrected chi connectivity index (χ3v) is 6.70. The Kier molecular flexibility index (Phi) is 4.40. The van der Waals surface area contributed by atoms with Gasteiger partial charge in [0.1, 0.15) is 5.03 Å². The molecule has 0 bridgehead atoms. The van der Waals surface area contributed by atoms with Crippen LogP contribution in [-0.2, 0) is 0 Å². The van der Waals surface area contributed by atoms with E-state index in [2.05, 4.69) is 83.8 Å². The normalized spacial score (nSPS) is 11.4. The van der Waals surface area contributed by atoms with Gasteiger partial charge < -0.3 is 0 Å². The smallest absolute Gasteiger partial charge is 0.101 e. The molecule has 0 atom stereocenters. The van der Waals surface area contributed by atoms with Crippen molar-refractivity contribution in [3.05, 3.63) is 109 Å². The molecule has 146 valence electrons. The van der Waals surface area contributed by atoms with Crippen LogP contribution in [0.1, 0.15) is 0 Å². The Morgan fingerprint density at radius 3 is 2.06 bits per heavy atom. The highest BCUT2D eigenvalue weighted by Gasteiger charge is 2.18. The number of para-hydroxylation sites is 1. The van der Waals surface area contributed by atoms with E-state index in [0.717, 1.165) is 10.5 Å². The van der Waals surface area contributed by atoms with Gasteiger partial charge in [-0.05, 0) is 40.1 Å². The second kappa shape index (κ2) is 7.53. The molecule has 0 saturated carbocycles. The van der Waals surface area contributed by atoms with E-state index < -0.39 is 0 Å². The number of pyridine rings is 2. The highest BCUT2D eigenvalue weighted by molar-refractivity contribution is 7.99. The van der Waals surface area contributed by atoms with Gasteiger partial charge in [0, 0.05) is 33.4 Å². The van der Waals surface area contributed by atoms with Crippen LogP contribution in [0.5, 0.6) is 0 Å². The summed E-state index contributed by atoms with van der Waals surface area (Å²) in [5.74, 6) is 0. The molecular weight excluding hydrogens is 396 g/mol. The SMILES string of the molecule is c1ccc(-c2c3ccccc3c(Sc3ccccn3)c3c2cnc2ccccc23)cc1. The molecular formula is C28H18N2S. The molecule has 2 nitrogen and oxygen atoms in total. The van der Waals surface area contributed by atoms with Crippen molar-refractivity contribution in [1.29, 1.82) is 0 Å². The maximum absolute atomic E-state index is 4.83. The van der Waals surface area contributed by atoms with E-state index in [1.165, 1.54) is 43.0 Å². The molecule has 0 fully saturated rings. The summed E-state index contributed by atoms with van der Waals surface area (Å²) in [7, 11) is 0. The van der Waals surface area contributed by atoms with Crippen molar-refractivity contribution in [2.24, 2.45) is 0 Å². The van der Waals surface area contributed by atoms with Crippen molar-refractivity contribution in [3.63, 3.8) is 0 Å². The summed E-state index contributed by atoms with van der Waals surface area (Å²) in [6.45, 7) is 0. The predicted molar refractivity (Wildman–Crippen MR) is 131 cm³/mol. The topological polar surface area (TPSA) is 25.8 Å². The fourth-order valence-corrected chi connectivity index (χ4v) is 5.37. The van der Waals surface area contributed by atoms with E-state index in [1.807, 2.05) is 30.6 Å². The molecule has 3 heteroatoms. The quantitative estimate of drug-likeness (QED) is 0.219. The molecule has 0 aliphatic rings. The molecule has 0 aliphatic heterocycles. The van der Waals surface area contributed by atoms with Gasteiger partial charge in [-0.2, -0.15) is 0 Å². The Morgan fingerprint density at radius 1 is 0.548 bits per heavy atom. The maximum atomic E-state index is 4.83. The average Bonchev–Trinajstić information content (AvgIpc) is 2.85. The zero-order chi connectivity index (χ0) is 20.6. The minimum atomic E-state index is 0.988. The molecule has 0 saturated heterocycles. The van der Waals surface area contributed by atoms with Crippen molar-refractivity contribution >= 4 is 44.2 Å². The third-order valence-electron chi connectivity index (χ3n) is 5.62. The van der Waals surface area contributed by atoms with Crippen molar-refractivity contribution < 1.29 is 0 Å². The lowest BCUT2D eigenvalue weighted by Gasteiger charge is -2.18. The lowest BCUT2D eigenvalue weighted by Crippen LogP contribution is -1.92. The van der Waals surface area contributed by atoms with E-state index >= 15 is 0 Å². The minimum absolute atomic E-state index is 0.988. The van der Waals surface area contributed by atoms with Crippen LogP contribution < -0.4 is 0 Å². The van der Waals surface area contributed by atoms with Crippen molar-refractivity contribution in [1.82, 2.24) is 9.97 Å². The minimum Gasteiger partial charge on any atom is -0.256 e. The Labute approximate surface area is 184 Å². The summed E-state index contributed by atoms with van der Waals surface area (Å²) in [5.41, 5.74) is 3.44. The Balaban J connectivity index is 1.82. The van der Waals surface area contributed by atoms with Crippen LogP contribution in [0.3, 0.4) is 0 Å². The highest BCUT2D eigenvalue weighted by atomic mass is 32.2. The predicted octanol–water partition coefficient (Wildman–Crippen LogP) is 7.75. The van der Waals surface area contributed by atoms with Crippen LogP contribution in [0.2, 0.25) is 0 Å². The Bertz CT molecular complexity index is 1540. The first-order chi connectivity index (χ1) is 15.4. The summed E-state index contributed by atoms with van der Waals surface area (Å²) in [5, 5.41) is 7.03. The van der Waals surface area contributed by atoms with Gasteiger partial charge in [0.05, 0.1) is 5.52 Å². The molecule has 0 radical (unpaired) electrons. The van der Waals surface area contributed by atoms with Crippen molar-refractivity contribution in [2.75, 3.05) is 0 Å². The monoisotopic (exact) mass is 414 g/mol. The van der Waals surface area contributed by atoms with Crippen molar-refractivity contribution in [3.8, 4) is 11.1 Å². The van der Waals surface area contributed by atoms with Crippen LogP contribution >= 0.6 is 11.8 Å². The van der Waals surface area contributed by atoms with Crippen LogP contribution in [0, 0.1) is 0 Å². The molecule has 0 unspecified atom stereocenters. The van der Waals surface area contributed by atoms with E-state index in [-0.39, 0.29) is 0 Å². The molecule has 0 amide bonds. The fourth-order valence-electron chi connectivity index (χ4n) is 4.29. The Morgan fingerprint density at radius 2 is 1.26 bits per heavy atom. The summed E-state index contributed by atoms with van der Waals surface area (Å²) in [6, 6.07) is 33.8. The molecule has 2 heterocycles. The summed E-state index contributed by atoms with van der Waals surface area (Å²) in [4.78, 5) is 10.6. The molecule has 31 heavy (non-hydrogen) atoms. The first kappa shape index (κ1) is 18.1. The van der Waals surface area contributed by atoms with Crippen molar-refractivity contribution in [2.45, 2.75) is 9.92 Å². The van der Waals surface area contributed by atoms with E-state index in [4.69, 9.17) is 4.98 Å². The van der Waals surface area contributed by atoms with Crippen LogP contribution in [0.25, 0.3) is 43.6 Å². The number of nitrogens with zero attached hydrogens (tertiary/aromatic N) is 2. The lowest BCUT2D eigenvalue weighted by atomic mass is 9.91. The summed E-state index contributed by atoms with van der Waals surface area (Å²) >= 11 is 1.73. The molecule has 6 rings (SSSR count). The summed E-state index contributed by atoms with van der Waals surface area (Å²) < 4.78 is 0. The zero-order valence-electron chi connectivity index (χ0n) is 16.7. The fraction of sp³-hybridized carbons (Fsp3) is 0. The molecule has 0 spiro atoms. The van der Waals surface area contributed by atoms with E-state index in [0.29, 0.717) is 0 Å². The number of fused-ring (bicyclic) bond motifs is 4. The number of benzene rings is 4. The van der Waals surface area contributed by atoms with Gasteiger partial charge in [-0.25, -0.2) is 4.98 Å². The van der Waals surface area contributed by atoms with Crippen LogP contribution in [0.4, 0.5) is 0 Å². The standard InChI is InChI=1S/C28H18N2S/c1-2-10-19(11-3-1)26-20-12-4-5-13-21(20)28(31-25-16-8-9-17-29-25)27-22-14-6-7-15-24(22)30-18-23(26)27/h1-18H. The Hall–Kier alpha value is -3.69. The molecule has 2 aromatic heterocycles. The molecule has 0 aliphatic carbocycles. The second-order valence-corrected chi connectivity index (χ2v) is 8.48. The number of hydrogen-bond acceptors (Lipinski definition) is 3. The number of aromatic nitrogens is 2.